The number of anilines is 1. The Morgan fingerprint density at radius 3 is 2.32 bits per heavy atom. The van der Waals surface area contributed by atoms with Gasteiger partial charge >= 0.3 is 5.97 Å². The van der Waals surface area contributed by atoms with Gasteiger partial charge in [0, 0.05) is 18.7 Å². The Balaban J connectivity index is 1.40. The number of amides is 3. The number of carbonyl (C=O) groups is 4. The van der Waals surface area contributed by atoms with E-state index in [2.05, 4.69) is 5.43 Å². The summed E-state index contributed by atoms with van der Waals surface area (Å²) in [6.45, 7) is 3.11. The molecule has 3 amide bonds. The lowest BCUT2D eigenvalue weighted by atomic mass is 9.85. The summed E-state index contributed by atoms with van der Waals surface area (Å²) in [6, 6.07) is 6.81. The third-order valence-electron chi connectivity index (χ3n) is 6.26. The SMILES string of the molecule is CCOC(=O)C1CCN(C(=O)c2cccc(NN3C(=O)[C@H]4CC=CC[C@@H]4C3=O)c2)CC1. The Labute approximate surface area is 181 Å². The summed E-state index contributed by atoms with van der Waals surface area (Å²) in [5.41, 5.74) is 3.89. The zero-order valence-electron chi connectivity index (χ0n) is 17.6. The number of fused-ring (bicyclic) bond motifs is 1. The third kappa shape index (κ3) is 4.19. The van der Waals surface area contributed by atoms with Gasteiger partial charge in [-0.3, -0.25) is 24.6 Å². The largest absolute Gasteiger partial charge is 0.466 e. The summed E-state index contributed by atoms with van der Waals surface area (Å²) in [6.07, 6.45) is 6.20. The van der Waals surface area contributed by atoms with Crippen molar-refractivity contribution in [1.82, 2.24) is 9.91 Å². The second-order valence-corrected chi connectivity index (χ2v) is 8.18. The Morgan fingerprint density at radius 1 is 1.06 bits per heavy atom. The number of esters is 1. The van der Waals surface area contributed by atoms with Gasteiger partial charge in [0.15, 0.2) is 0 Å². The number of hydrogen-bond acceptors (Lipinski definition) is 6. The second kappa shape index (κ2) is 8.91. The summed E-state index contributed by atoms with van der Waals surface area (Å²) >= 11 is 0. The van der Waals surface area contributed by atoms with Gasteiger partial charge in [0.25, 0.3) is 17.7 Å². The maximum Gasteiger partial charge on any atom is 0.309 e. The van der Waals surface area contributed by atoms with Crippen LogP contribution >= 0.6 is 0 Å². The van der Waals surface area contributed by atoms with Gasteiger partial charge in [0.1, 0.15) is 0 Å². The molecule has 164 valence electrons. The first kappa shape index (κ1) is 21.1. The molecular weight excluding hydrogens is 398 g/mol. The standard InChI is InChI=1S/C23H27N3O5/c1-2-31-23(30)15-10-12-25(13-11-15)20(27)16-6-5-7-17(14-16)24-26-21(28)18-8-3-4-9-19(18)22(26)29/h3-7,14-15,18-19,24H,2,8-13H2,1H3/t18-,19-/m0/s1. The average molecular weight is 425 g/mol. The molecule has 0 bridgehead atoms. The summed E-state index contributed by atoms with van der Waals surface area (Å²) in [5.74, 6) is -1.57. The van der Waals surface area contributed by atoms with Crippen molar-refractivity contribution in [2.24, 2.45) is 17.8 Å². The molecule has 0 radical (unpaired) electrons. The van der Waals surface area contributed by atoms with Crippen LogP contribution < -0.4 is 5.43 Å². The van der Waals surface area contributed by atoms with Gasteiger partial charge in [-0.2, -0.15) is 5.01 Å². The van der Waals surface area contributed by atoms with Gasteiger partial charge in [0.2, 0.25) is 0 Å². The van der Waals surface area contributed by atoms with Crippen LogP contribution in [0.4, 0.5) is 5.69 Å². The molecule has 1 N–H and O–H groups in total. The van der Waals surface area contributed by atoms with E-state index in [1.165, 1.54) is 0 Å². The number of nitrogens with one attached hydrogen (secondary N) is 1. The number of hydrogen-bond donors (Lipinski definition) is 1. The topological polar surface area (TPSA) is 96.0 Å². The van der Waals surface area contributed by atoms with Gasteiger partial charge in [-0.25, -0.2) is 0 Å². The van der Waals surface area contributed by atoms with E-state index in [0.717, 1.165) is 5.01 Å². The first-order chi connectivity index (χ1) is 15.0. The lowest BCUT2D eigenvalue weighted by Crippen LogP contribution is -2.40. The lowest BCUT2D eigenvalue weighted by molar-refractivity contribution is -0.149. The van der Waals surface area contributed by atoms with E-state index in [0.29, 0.717) is 56.6 Å². The quantitative estimate of drug-likeness (QED) is 0.442. The summed E-state index contributed by atoms with van der Waals surface area (Å²) in [5, 5.41) is 1.09. The van der Waals surface area contributed by atoms with Gasteiger partial charge in [-0.1, -0.05) is 18.2 Å². The fourth-order valence-corrected chi connectivity index (χ4v) is 4.52. The normalized spacial score (nSPS) is 23.6. The molecule has 1 aromatic rings. The number of nitrogens with zero attached hydrogens (tertiary/aromatic N) is 2. The molecule has 2 fully saturated rings. The molecule has 8 heteroatoms. The minimum absolute atomic E-state index is 0.136. The second-order valence-electron chi connectivity index (χ2n) is 8.18. The Morgan fingerprint density at radius 2 is 1.71 bits per heavy atom. The maximum absolute atomic E-state index is 13.0. The molecule has 1 aromatic carbocycles. The van der Waals surface area contributed by atoms with Crippen molar-refractivity contribution in [1.29, 1.82) is 0 Å². The van der Waals surface area contributed by atoms with Gasteiger partial charge in [-0.05, 0) is 50.8 Å². The molecule has 2 saturated heterocycles. The minimum Gasteiger partial charge on any atom is -0.466 e. The third-order valence-corrected chi connectivity index (χ3v) is 6.26. The van der Waals surface area contributed by atoms with Crippen LogP contribution in [-0.2, 0) is 19.1 Å². The number of likely N-dealkylation sites (tertiary alicyclic amines) is 1. The van der Waals surface area contributed by atoms with E-state index in [1.807, 2.05) is 12.2 Å². The molecule has 3 aliphatic rings. The van der Waals surface area contributed by atoms with Crippen LogP contribution in [0.15, 0.2) is 36.4 Å². The van der Waals surface area contributed by atoms with Crippen molar-refractivity contribution in [3.8, 4) is 0 Å². The molecule has 0 saturated carbocycles. The van der Waals surface area contributed by atoms with Crippen LogP contribution in [0.3, 0.4) is 0 Å². The van der Waals surface area contributed by atoms with E-state index in [4.69, 9.17) is 4.74 Å². The molecule has 2 atom stereocenters. The Kier molecular flexibility index (Phi) is 6.06. The maximum atomic E-state index is 13.0. The van der Waals surface area contributed by atoms with Gasteiger partial charge in [0.05, 0.1) is 30.0 Å². The zero-order valence-corrected chi connectivity index (χ0v) is 17.6. The van der Waals surface area contributed by atoms with Crippen molar-refractivity contribution in [2.45, 2.75) is 32.6 Å². The van der Waals surface area contributed by atoms with Crippen LogP contribution in [0, 0.1) is 17.8 Å². The molecule has 2 heterocycles. The van der Waals surface area contributed by atoms with Crippen molar-refractivity contribution < 1.29 is 23.9 Å². The van der Waals surface area contributed by atoms with Crippen LogP contribution in [-0.4, -0.2) is 53.3 Å². The summed E-state index contributed by atoms with van der Waals surface area (Å²) in [7, 11) is 0. The molecule has 8 nitrogen and oxygen atoms in total. The van der Waals surface area contributed by atoms with Crippen molar-refractivity contribution in [3.63, 3.8) is 0 Å². The first-order valence-corrected chi connectivity index (χ1v) is 10.8. The summed E-state index contributed by atoms with van der Waals surface area (Å²) < 4.78 is 5.08. The number of ether oxygens (including phenoxy) is 1. The molecule has 31 heavy (non-hydrogen) atoms. The monoisotopic (exact) mass is 425 g/mol. The minimum atomic E-state index is -0.310. The summed E-state index contributed by atoms with van der Waals surface area (Å²) in [4.78, 5) is 51.9. The van der Waals surface area contributed by atoms with Crippen LogP contribution in [0.1, 0.15) is 43.0 Å². The molecule has 0 aromatic heterocycles. The molecule has 2 aliphatic heterocycles. The van der Waals surface area contributed by atoms with Gasteiger partial charge in [-0.15, -0.1) is 0 Å². The molecule has 0 unspecified atom stereocenters. The number of hydrazine groups is 1. The number of rotatable bonds is 5. The van der Waals surface area contributed by atoms with E-state index in [-0.39, 0.29) is 41.4 Å². The predicted molar refractivity (Wildman–Crippen MR) is 113 cm³/mol. The van der Waals surface area contributed by atoms with Crippen LogP contribution in [0.5, 0.6) is 0 Å². The predicted octanol–water partition coefficient (Wildman–Crippen LogP) is 2.38. The van der Waals surface area contributed by atoms with E-state index >= 15 is 0 Å². The zero-order chi connectivity index (χ0) is 22.0. The van der Waals surface area contributed by atoms with E-state index in [9.17, 15) is 19.2 Å². The van der Waals surface area contributed by atoms with Crippen molar-refractivity contribution >= 4 is 29.4 Å². The highest BCUT2D eigenvalue weighted by Crippen LogP contribution is 2.35. The van der Waals surface area contributed by atoms with E-state index in [1.54, 1.807) is 36.1 Å². The first-order valence-electron chi connectivity index (χ1n) is 10.8. The van der Waals surface area contributed by atoms with Gasteiger partial charge < -0.3 is 9.64 Å². The van der Waals surface area contributed by atoms with Crippen molar-refractivity contribution in [3.05, 3.63) is 42.0 Å². The lowest BCUT2D eigenvalue weighted by Gasteiger charge is -2.31. The molecule has 0 spiro atoms. The number of allylic oxidation sites excluding steroid dienone is 2. The highest BCUT2D eigenvalue weighted by molar-refractivity contribution is 6.06. The average Bonchev–Trinajstić information content (AvgIpc) is 3.04. The molecular formula is C23H27N3O5. The van der Waals surface area contributed by atoms with Crippen LogP contribution in [0.2, 0.25) is 0 Å². The number of carbonyl (C=O) groups excluding carboxylic acids is 4. The Bertz CT molecular complexity index is 894. The van der Waals surface area contributed by atoms with Crippen molar-refractivity contribution in [2.75, 3.05) is 25.1 Å². The smallest absolute Gasteiger partial charge is 0.309 e. The molecule has 4 rings (SSSR count). The van der Waals surface area contributed by atoms with Crippen LogP contribution in [0.25, 0.3) is 0 Å². The number of piperidine rings is 1. The van der Waals surface area contributed by atoms with E-state index < -0.39 is 0 Å². The number of benzene rings is 1. The fraction of sp³-hybridized carbons (Fsp3) is 0.478. The Hall–Kier alpha value is -3.16. The highest BCUT2D eigenvalue weighted by Gasteiger charge is 2.47. The molecule has 1 aliphatic carbocycles. The highest BCUT2D eigenvalue weighted by atomic mass is 16.5. The number of imide groups is 1. The fourth-order valence-electron chi connectivity index (χ4n) is 4.52.